The number of rotatable bonds is 4. The molecule has 24 heavy (non-hydrogen) atoms. The number of hydrogen-bond acceptors (Lipinski definition) is 5. The van der Waals surface area contributed by atoms with Crippen molar-refractivity contribution in [3.05, 3.63) is 53.6 Å². The fourth-order valence-corrected chi connectivity index (χ4v) is 3.97. The number of sulfonamides is 1. The second-order valence-corrected chi connectivity index (χ2v) is 8.12. The van der Waals surface area contributed by atoms with Gasteiger partial charge in [-0.05, 0) is 36.8 Å². The third-order valence-electron chi connectivity index (χ3n) is 3.31. The Morgan fingerprint density at radius 2 is 1.92 bits per heavy atom. The minimum atomic E-state index is -3.37. The van der Waals surface area contributed by atoms with Crippen LogP contribution in [0.2, 0.25) is 0 Å². The third-order valence-corrected chi connectivity index (χ3v) is 4.94. The van der Waals surface area contributed by atoms with Crippen molar-refractivity contribution in [1.29, 1.82) is 0 Å². The Labute approximate surface area is 143 Å². The first-order valence-corrected chi connectivity index (χ1v) is 9.78. The van der Waals surface area contributed by atoms with Crippen LogP contribution in [0.5, 0.6) is 0 Å². The molecule has 2 aromatic carbocycles. The minimum Gasteiger partial charge on any atom is -0.322 e. The standard InChI is InChI=1S/C16H15N3O3S2/c1-10-5-3-4-6-12(10)15(20)17-11-7-8-13-14(9-11)23-16(18-13)19-24(2,21)22/h3-9H,1-2H3,(H,17,20)(H,18,19). The first kappa shape index (κ1) is 16.4. The van der Waals surface area contributed by atoms with E-state index in [2.05, 4.69) is 15.0 Å². The summed E-state index contributed by atoms with van der Waals surface area (Å²) in [6, 6.07) is 12.6. The Bertz CT molecular complexity index is 1030. The largest absolute Gasteiger partial charge is 0.322 e. The zero-order valence-corrected chi connectivity index (χ0v) is 14.7. The first-order valence-electron chi connectivity index (χ1n) is 7.07. The van der Waals surface area contributed by atoms with Gasteiger partial charge in [0.15, 0.2) is 5.13 Å². The summed E-state index contributed by atoms with van der Waals surface area (Å²) in [5.74, 6) is -0.188. The van der Waals surface area contributed by atoms with Gasteiger partial charge in [0.25, 0.3) is 5.91 Å². The quantitative estimate of drug-likeness (QED) is 0.747. The average Bonchev–Trinajstić information content (AvgIpc) is 2.86. The van der Waals surface area contributed by atoms with E-state index < -0.39 is 10.0 Å². The summed E-state index contributed by atoms with van der Waals surface area (Å²) < 4.78 is 25.7. The predicted octanol–water partition coefficient (Wildman–Crippen LogP) is 3.23. The first-order chi connectivity index (χ1) is 11.3. The lowest BCUT2D eigenvalue weighted by atomic mass is 10.1. The molecule has 0 saturated heterocycles. The van der Waals surface area contributed by atoms with Gasteiger partial charge in [0.2, 0.25) is 10.0 Å². The van der Waals surface area contributed by atoms with Gasteiger partial charge in [-0.25, -0.2) is 13.4 Å². The molecule has 1 heterocycles. The van der Waals surface area contributed by atoms with E-state index in [4.69, 9.17) is 0 Å². The van der Waals surface area contributed by atoms with Crippen molar-refractivity contribution in [2.75, 3.05) is 16.3 Å². The maximum absolute atomic E-state index is 12.3. The van der Waals surface area contributed by atoms with Gasteiger partial charge in [-0.2, -0.15) is 0 Å². The lowest BCUT2D eigenvalue weighted by molar-refractivity contribution is 0.102. The molecule has 0 spiro atoms. The third kappa shape index (κ3) is 3.72. The number of benzene rings is 2. The number of anilines is 2. The van der Waals surface area contributed by atoms with Crippen LogP contribution in [0.25, 0.3) is 10.2 Å². The lowest BCUT2D eigenvalue weighted by Gasteiger charge is -2.07. The predicted molar refractivity (Wildman–Crippen MR) is 97.2 cm³/mol. The molecule has 3 rings (SSSR count). The molecule has 1 aromatic heterocycles. The number of nitrogens with one attached hydrogen (secondary N) is 2. The summed E-state index contributed by atoms with van der Waals surface area (Å²) in [5.41, 5.74) is 2.81. The minimum absolute atomic E-state index is 0.188. The second-order valence-electron chi connectivity index (χ2n) is 5.34. The van der Waals surface area contributed by atoms with Crippen molar-refractivity contribution in [3.8, 4) is 0 Å². The number of carbonyl (C=O) groups is 1. The van der Waals surface area contributed by atoms with Gasteiger partial charge in [0.05, 0.1) is 16.5 Å². The molecule has 0 atom stereocenters. The highest BCUT2D eigenvalue weighted by atomic mass is 32.2. The maximum Gasteiger partial charge on any atom is 0.255 e. The van der Waals surface area contributed by atoms with Gasteiger partial charge in [-0.1, -0.05) is 29.5 Å². The summed E-state index contributed by atoms with van der Waals surface area (Å²) in [6.45, 7) is 1.88. The highest BCUT2D eigenvalue weighted by Crippen LogP contribution is 2.29. The molecule has 0 bridgehead atoms. The molecular weight excluding hydrogens is 346 g/mol. The molecule has 0 aliphatic rings. The van der Waals surface area contributed by atoms with Crippen molar-refractivity contribution in [2.45, 2.75) is 6.92 Å². The Hall–Kier alpha value is -2.45. The van der Waals surface area contributed by atoms with Crippen LogP contribution in [0.15, 0.2) is 42.5 Å². The van der Waals surface area contributed by atoms with E-state index in [9.17, 15) is 13.2 Å². The zero-order chi connectivity index (χ0) is 17.3. The molecule has 6 nitrogen and oxygen atoms in total. The summed E-state index contributed by atoms with van der Waals surface area (Å²) in [7, 11) is -3.37. The topological polar surface area (TPSA) is 88.2 Å². The molecular formula is C16H15N3O3S2. The van der Waals surface area contributed by atoms with E-state index in [1.807, 2.05) is 25.1 Å². The smallest absolute Gasteiger partial charge is 0.255 e. The number of nitrogens with zero attached hydrogens (tertiary/aromatic N) is 1. The highest BCUT2D eigenvalue weighted by molar-refractivity contribution is 7.92. The number of amides is 1. The Morgan fingerprint density at radius 3 is 2.62 bits per heavy atom. The highest BCUT2D eigenvalue weighted by Gasteiger charge is 2.11. The van der Waals surface area contributed by atoms with Gasteiger partial charge < -0.3 is 5.32 Å². The van der Waals surface area contributed by atoms with Crippen LogP contribution in [-0.2, 0) is 10.0 Å². The van der Waals surface area contributed by atoms with E-state index in [1.165, 1.54) is 11.3 Å². The lowest BCUT2D eigenvalue weighted by Crippen LogP contribution is -2.13. The number of hydrogen-bond donors (Lipinski definition) is 2. The molecule has 0 fully saturated rings. The van der Waals surface area contributed by atoms with Crippen molar-refractivity contribution >= 4 is 48.3 Å². The molecule has 2 N–H and O–H groups in total. The van der Waals surface area contributed by atoms with E-state index in [0.717, 1.165) is 16.5 Å². The Morgan fingerprint density at radius 1 is 1.17 bits per heavy atom. The zero-order valence-electron chi connectivity index (χ0n) is 13.0. The Balaban J connectivity index is 1.86. The monoisotopic (exact) mass is 361 g/mol. The van der Waals surface area contributed by atoms with Crippen molar-refractivity contribution in [2.24, 2.45) is 0 Å². The van der Waals surface area contributed by atoms with Crippen LogP contribution in [0.3, 0.4) is 0 Å². The van der Waals surface area contributed by atoms with E-state index in [1.54, 1.807) is 24.3 Å². The number of aryl methyl sites for hydroxylation is 1. The summed E-state index contributed by atoms with van der Waals surface area (Å²) in [6.07, 6.45) is 1.08. The van der Waals surface area contributed by atoms with E-state index >= 15 is 0 Å². The van der Waals surface area contributed by atoms with Gasteiger partial charge in [0.1, 0.15) is 0 Å². The molecule has 0 saturated carbocycles. The van der Waals surface area contributed by atoms with Crippen molar-refractivity contribution in [1.82, 2.24) is 4.98 Å². The normalized spacial score (nSPS) is 11.4. The summed E-state index contributed by atoms with van der Waals surface area (Å²) in [4.78, 5) is 16.6. The fourth-order valence-electron chi connectivity index (χ4n) is 2.23. The summed E-state index contributed by atoms with van der Waals surface area (Å²) >= 11 is 1.21. The van der Waals surface area contributed by atoms with Crippen LogP contribution >= 0.6 is 11.3 Å². The van der Waals surface area contributed by atoms with Crippen LogP contribution in [0, 0.1) is 6.92 Å². The summed E-state index contributed by atoms with van der Waals surface area (Å²) in [5, 5.41) is 3.15. The molecule has 8 heteroatoms. The number of thiazole rings is 1. The average molecular weight is 361 g/mol. The molecule has 0 aliphatic carbocycles. The second kappa shape index (κ2) is 6.21. The van der Waals surface area contributed by atoms with E-state index in [-0.39, 0.29) is 5.91 Å². The van der Waals surface area contributed by atoms with Crippen LogP contribution in [0.4, 0.5) is 10.8 Å². The number of carbonyl (C=O) groups excluding carboxylic acids is 1. The van der Waals surface area contributed by atoms with Gasteiger partial charge in [0, 0.05) is 11.3 Å². The SMILES string of the molecule is Cc1ccccc1C(=O)Nc1ccc2nc(NS(C)(=O)=O)sc2c1. The van der Waals surface area contributed by atoms with Gasteiger partial charge in [-0.3, -0.25) is 9.52 Å². The number of aromatic nitrogens is 1. The molecule has 124 valence electrons. The van der Waals surface area contributed by atoms with Crippen molar-refractivity contribution < 1.29 is 13.2 Å². The number of fused-ring (bicyclic) bond motifs is 1. The Kier molecular flexibility index (Phi) is 4.25. The molecule has 1 amide bonds. The van der Waals surface area contributed by atoms with Crippen LogP contribution in [-0.4, -0.2) is 25.6 Å². The molecule has 0 aliphatic heterocycles. The van der Waals surface area contributed by atoms with Crippen LogP contribution in [0.1, 0.15) is 15.9 Å². The molecule has 0 unspecified atom stereocenters. The van der Waals surface area contributed by atoms with E-state index in [0.29, 0.717) is 21.9 Å². The maximum atomic E-state index is 12.3. The molecule has 3 aromatic rings. The van der Waals surface area contributed by atoms with Crippen LogP contribution < -0.4 is 10.0 Å². The van der Waals surface area contributed by atoms with Gasteiger partial charge in [-0.15, -0.1) is 0 Å². The molecule has 0 radical (unpaired) electrons. The van der Waals surface area contributed by atoms with Crippen molar-refractivity contribution in [3.63, 3.8) is 0 Å². The fraction of sp³-hybridized carbons (Fsp3) is 0.125. The van der Waals surface area contributed by atoms with Gasteiger partial charge >= 0.3 is 0 Å².